The third-order valence-corrected chi connectivity index (χ3v) is 1.70. The zero-order valence-corrected chi connectivity index (χ0v) is 7.27. The second-order valence-corrected chi connectivity index (χ2v) is 2.76. The Balaban J connectivity index is 2.58. The lowest BCUT2D eigenvalue weighted by atomic mass is 10.3. The molecule has 0 aliphatic carbocycles. The first kappa shape index (κ1) is 8.43. The van der Waals surface area contributed by atoms with Crippen molar-refractivity contribution in [2.75, 3.05) is 5.73 Å². The maximum atomic E-state index is 11.1. The molecule has 0 atom stereocenters. The molecule has 2 aromatic heterocycles. The highest BCUT2D eigenvalue weighted by Gasteiger charge is 2.00. The van der Waals surface area contributed by atoms with Crippen LogP contribution in [0.5, 0.6) is 0 Å². The minimum atomic E-state index is -0.267. The van der Waals surface area contributed by atoms with E-state index < -0.39 is 0 Å². The largest absolute Gasteiger partial charge is 0.383 e. The molecule has 2 aromatic rings. The first-order valence-electron chi connectivity index (χ1n) is 4.03. The molecule has 3 N–H and O–H groups in total. The van der Waals surface area contributed by atoms with E-state index >= 15 is 0 Å². The van der Waals surface area contributed by atoms with Crippen molar-refractivity contribution in [2.24, 2.45) is 0 Å². The fraction of sp³-hybridized carbons (Fsp3) is 0. The number of nitrogens with one attached hydrogen (secondary N) is 1. The van der Waals surface area contributed by atoms with E-state index in [1.807, 2.05) is 0 Å². The van der Waals surface area contributed by atoms with Gasteiger partial charge in [0.05, 0.1) is 0 Å². The molecule has 2 heterocycles. The topological polar surface area (TPSA) is 84.7 Å². The third kappa shape index (κ3) is 1.61. The van der Waals surface area contributed by atoms with Crippen molar-refractivity contribution >= 4 is 5.82 Å². The first-order valence-corrected chi connectivity index (χ1v) is 4.03. The summed E-state index contributed by atoms with van der Waals surface area (Å²) in [6.45, 7) is 0. The van der Waals surface area contributed by atoms with Crippen LogP contribution in [0.3, 0.4) is 0 Å². The highest BCUT2D eigenvalue weighted by Crippen LogP contribution is 2.11. The van der Waals surface area contributed by atoms with Crippen LogP contribution in [0.4, 0.5) is 5.82 Å². The van der Waals surface area contributed by atoms with Crippen molar-refractivity contribution in [1.82, 2.24) is 15.0 Å². The smallest absolute Gasteiger partial charge is 0.253 e. The predicted octanol–water partition coefficient (Wildman–Crippen LogP) is 0.414. The lowest BCUT2D eigenvalue weighted by molar-refractivity contribution is 1.13. The number of anilines is 1. The van der Waals surface area contributed by atoms with Gasteiger partial charge in [0.2, 0.25) is 0 Å². The molecule has 0 aliphatic heterocycles. The summed E-state index contributed by atoms with van der Waals surface area (Å²) in [6.07, 6.45) is 3.26. The number of hydrogen-bond donors (Lipinski definition) is 2. The van der Waals surface area contributed by atoms with Crippen LogP contribution in [0.25, 0.3) is 11.4 Å². The molecule has 5 nitrogen and oxygen atoms in total. The van der Waals surface area contributed by atoms with E-state index in [2.05, 4.69) is 15.0 Å². The van der Waals surface area contributed by atoms with Crippen molar-refractivity contribution < 1.29 is 0 Å². The number of hydrogen-bond acceptors (Lipinski definition) is 4. The van der Waals surface area contributed by atoms with Gasteiger partial charge >= 0.3 is 0 Å². The van der Waals surface area contributed by atoms with Crippen molar-refractivity contribution in [3.05, 3.63) is 40.9 Å². The standard InChI is InChI=1S/C9H8N4O/c10-7-4-8(14)13-9(12-7)6-2-1-3-11-5-6/h1-5H,(H3,10,12,13,14). The van der Waals surface area contributed by atoms with Gasteiger partial charge in [-0.15, -0.1) is 0 Å². The minimum Gasteiger partial charge on any atom is -0.383 e. The van der Waals surface area contributed by atoms with Gasteiger partial charge in [0.25, 0.3) is 5.56 Å². The molecule has 0 amide bonds. The summed E-state index contributed by atoms with van der Waals surface area (Å²) >= 11 is 0. The van der Waals surface area contributed by atoms with E-state index in [1.54, 1.807) is 24.5 Å². The molecule has 0 spiro atoms. The summed E-state index contributed by atoms with van der Waals surface area (Å²) in [4.78, 5) is 21.6. The van der Waals surface area contributed by atoms with Crippen LogP contribution in [0.2, 0.25) is 0 Å². The molecule has 0 bridgehead atoms. The number of nitrogens with two attached hydrogens (primary N) is 1. The summed E-state index contributed by atoms with van der Waals surface area (Å²) in [5, 5.41) is 0. The number of nitrogens with zero attached hydrogens (tertiary/aromatic N) is 2. The van der Waals surface area contributed by atoms with Gasteiger partial charge in [-0.2, -0.15) is 0 Å². The minimum absolute atomic E-state index is 0.201. The number of H-pyrrole nitrogens is 1. The Labute approximate surface area is 79.6 Å². The molecule has 0 aliphatic rings. The van der Waals surface area contributed by atoms with Gasteiger partial charge < -0.3 is 10.7 Å². The Bertz CT molecular complexity index is 492. The number of rotatable bonds is 1. The van der Waals surface area contributed by atoms with Crippen LogP contribution in [0.15, 0.2) is 35.4 Å². The van der Waals surface area contributed by atoms with Crippen LogP contribution in [-0.2, 0) is 0 Å². The summed E-state index contributed by atoms with van der Waals surface area (Å²) in [7, 11) is 0. The maximum Gasteiger partial charge on any atom is 0.253 e. The SMILES string of the molecule is Nc1cc(=O)[nH]c(-c2cccnc2)n1. The van der Waals surface area contributed by atoms with Crippen molar-refractivity contribution in [1.29, 1.82) is 0 Å². The Kier molecular flexibility index (Phi) is 1.98. The molecule has 14 heavy (non-hydrogen) atoms. The highest BCUT2D eigenvalue weighted by atomic mass is 16.1. The zero-order valence-electron chi connectivity index (χ0n) is 7.27. The van der Waals surface area contributed by atoms with E-state index in [4.69, 9.17) is 5.73 Å². The molecule has 0 fully saturated rings. The van der Waals surface area contributed by atoms with E-state index in [0.717, 1.165) is 5.56 Å². The molecular weight excluding hydrogens is 180 g/mol. The van der Waals surface area contributed by atoms with E-state index in [-0.39, 0.29) is 11.4 Å². The molecule has 70 valence electrons. The fourth-order valence-corrected chi connectivity index (χ4v) is 1.12. The maximum absolute atomic E-state index is 11.1. The van der Waals surface area contributed by atoms with Crippen LogP contribution in [0, 0.1) is 0 Å². The lowest BCUT2D eigenvalue weighted by Gasteiger charge is -1.99. The van der Waals surface area contributed by atoms with E-state index in [1.165, 1.54) is 6.07 Å². The molecule has 0 radical (unpaired) electrons. The Morgan fingerprint density at radius 3 is 2.93 bits per heavy atom. The van der Waals surface area contributed by atoms with Gasteiger partial charge in [-0.1, -0.05) is 0 Å². The Morgan fingerprint density at radius 2 is 2.29 bits per heavy atom. The predicted molar refractivity (Wildman–Crippen MR) is 52.5 cm³/mol. The molecule has 0 saturated heterocycles. The lowest BCUT2D eigenvalue weighted by Crippen LogP contribution is -2.09. The van der Waals surface area contributed by atoms with E-state index in [0.29, 0.717) is 5.82 Å². The third-order valence-electron chi connectivity index (χ3n) is 1.70. The van der Waals surface area contributed by atoms with E-state index in [9.17, 15) is 4.79 Å². The van der Waals surface area contributed by atoms with Crippen LogP contribution < -0.4 is 11.3 Å². The molecule has 5 heteroatoms. The van der Waals surface area contributed by atoms with Gasteiger partial charge in [-0.25, -0.2) is 4.98 Å². The molecule has 2 rings (SSSR count). The van der Waals surface area contributed by atoms with Crippen molar-refractivity contribution in [3.63, 3.8) is 0 Å². The summed E-state index contributed by atoms with van der Waals surface area (Å²) in [5.41, 5.74) is 5.91. The summed E-state index contributed by atoms with van der Waals surface area (Å²) < 4.78 is 0. The first-order chi connectivity index (χ1) is 6.75. The summed E-state index contributed by atoms with van der Waals surface area (Å²) in [5.74, 6) is 0.635. The average molecular weight is 188 g/mol. The number of nitrogen functional groups attached to an aromatic ring is 1. The van der Waals surface area contributed by atoms with Crippen molar-refractivity contribution in [2.45, 2.75) is 0 Å². The molecule has 0 saturated carbocycles. The second-order valence-electron chi connectivity index (χ2n) is 2.76. The van der Waals surface area contributed by atoms with Gasteiger partial charge in [0, 0.05) is 24.0 Å². The Hall–Kier alpha value is -2.17. The number of aromatic nitrogens is 3. The quantitative estimate of drug-likeness (QED) is 0.679. The monoisotopic (exact) mass is 188 g/mol. The van der Waals surface area contributed by atoms with Gasteiger partial charge in [-0.3, -0.25) is 9.78 Å². The van der Waals surface area contributed by atoms with Crippen LogP contribution >= 0.6 is 0 Å². The average Bonchev–Trinajstić information content (AvgIpc) is 2.18. The zero-order chi connectivity index (χ0) is 9.97. The highest BCUT2D eigenvalue weighted by molar-refractivity contribution is 5.54. The van der Waals surface area contributed by atoms with Gasteiger partial charge in [0.1, 0.15) is 11.6 Å². The van der Waals surface area contributed by atoms with Crippen LogP contribution in [-0.4, -0.2) is 15.0 Å². The molecule has 0 unspecified atom stereocenters. The van der Waals surface area contributed by atoms with Crippen LogP contribution in [0.1, 0.15) is 0 Å². The summed E-state index contributed by atoms with van der Waals surface area (Å²) in [6, 6.07) is 4.79. The Morgan fingerprint density at radius 1 is 1.43 bits per heavy atom. The normalized spacial score (nSPS) is 10.0. The number of pyridine rings is 1. The fourth-order valence-electron chi connectivity index (χ4n) is 1.12. The second kappa shape index (κ2) is 3.29. The molecular formula is C9H8N4O. The van der Waals surface area contributed by atoms with Crippen molar-refractivity contribution in [3.8, 4) is 11.4 Å². The number of aromatic amines is 1. The van der Waals surface area contributed by atoms with Gasteiger partial charge in [-0.05, 0) is 12.1 Å². The molecule has 0 aromatic carbocycles. The van der Waals surface area contributed by atoms with Gasteiger partial charge in [0.15, 0.2) is 0 Å².